The first-order valence-electron chi connectivity index (χ1n) is 6.50. The molecule has 0 radical (unpaired) electrons. The normalized spacial score (nSPS) is 11.0. The zero-order valence-corrected chi connectivity index (χ0v) is 10.2. The summed E-state index contributed by atoms with van der Waals surface area (Å²) in [5, 5.41) is 0. The lowest BCUT2D eigenvalue weighted by molar-refractivity contribution is -0.107. The highest BCUT2D eigenvalue weighted by molar-refractivity contribution is 5.48. The molecule has 0 aliphatic heterocycles. The van der Waals surface area contributed by atoms with E-state index < -0.39 is 0 Å². The van der Waals surface area contributed by atoms with Gasteiger partial charge in [0, 0.05) is 6.42 Å². The quantitative estimate of drug-likeness (QED) is 0.275. The molecule has 15 heavy (non-hydrogen) atoms. The molecule has 0 fully saturated rings. The minimum atomic E-state index is 0.750. The molecule has 0 N–H and O–H groups in total. The van der Waals surface area contributed by atoms with Gasteiger partial charge in [-0.3, -0.25) is 0 Å². The summed E-state index contributed by atoms with van der Waals surface area (Å²) in [6.07, 6.45) is 17.7. The fourth-order valence-corrected chi connectivity index (χ4v) is 1.60. The van der Waals surface area contributed by atoms with Gasteiger partial charge < -0.3 is 4.79 Å². The second kappa shape index (κ2) is 13.4. The maximum Gasteiger partial charge on any atom is 0.119 e. The van der Waals surface area contributed by atoms with Gasteiger partial charge in [-0.1, -0.05) is 51.2 Å². The second-order valence-electron chi connectivity index (χ2n) is 4.13. The summed E-state index contributed by atoms with van der Waals surface area (Å²) in [7, 11) is 0. The van der Waals surface area contributed by atoms with Crippen LogP contribution in [0.15, 0.2) is 12.2 Å². The number of unbranched alkanes of at least 4 members (excludes halogenated alkanes) is 8. The Bertz CT molecular complexity index is 149. The highest BCUT2D eigenvalue weighted by atomic mass is 16.1. The van der Waals surface area contributed by atoms with Crippen molar-refractivity contribution in [1.82, 2.24) is 0 Å². The van der Waals surface area contributed by atoms with Crippen LogP contribution >= 0.6 is 0 Å². The van der Waals surface area contributed by atoms with Crippen LogP contribution in [-0.2, 0) is 4.79 Å². The minimum absolute atomic E-state index is 0.750. The van der Waals surface area contributed by atoms with E-state index in [9.17, 15) is 4.79 Å². The molecule has 0 aliphatic rings. The molecular formula is C14H26O. The highest BCUT2D eigenvalue weighted by Gasteiger charge is 1.90. The summed E-state index contributed by atoms with van der Waals surface area (Å²) in [4.78, 5) is 10.1. The molecule has 1 heteroatoms. The van der Waals surface area contributed by atoms with Gasteiger partial charge in [0.15, 0.2) is 0 Å². The molecular weight excluding hydrogens is 184 g/mol. The van der Waals surface area contributed by atoms with Crippen molar-refractivity contribution in [2.75, 3.05) is 0 Å². The van der Waals surface area contributed by atoms with E-state index in [1.807, 2.05) is 0 Å². The molecule has 1 nitrogen and oxygen atoms in total. The number of rotatable bonds is 11. The molecule has 0 heterocycles. The standard InChI is InChI=1S/C14H26O/c1-2-3-4-5-6-7-8-9-10-11-12-13-14-15/h4-5,14H,2-3,6-13H2,1H3/b5-4-. The van der Waals surface area contributed by atoms with Crippen molar-refractivity contribution in [3.63, 3.8) is 0 Å². The number of allylic oxidation sites excluding steroid dienone is 2. The zero-order valence-electron chi connectivity index (χ0n) is 10.2. The Hall–Kier alpha value is -0.590. The van der Waals surface area contributed by atoms with E-state index in [4.69, 9.17) is 0 Å². The van der Waals surface area contributed by atoms with Gasteiger partial charge in [-0.25, -0.2) is 0 Å². The largest absolute Gasteiger partial charge is 0.303 e. The molecule has 0 aromatic rings. The van der Waals surface area contributed by atoms with Gasteiger partial charge in [0.1, 0.15) is 6.29 Å². The number of hydrogen-bond acceptors (Lipinski definition) is 1. The van der Waals surface area contributed by atoms with Crippen LogP contribution in [0.1, 0.15) is 71.1 Å². The van der Waals surface area contributed by atoms with E-state index in [-0.39, 0.29) is 0 Å². The monoisotopic (exact) mass is 210 g/mol. The summed E-state index contributed by atoms with van der Waals surface area (Å²) in [5.74, 6) is 0. The number of carbonyl (C=O) groups excluding carboxylic acids is 1. The van der Waals surface area contributed by atoms with Crippen LogP contribution in [0.25, 0.3) is 0 Å². The summed E-state index contributed by atoms with van der Waals surface area (Å²) in [6, 6.07) is 0. The number of carbonyl (C=O) groups is 1. The first kappa shape index (κ1) is 14.4. The van der Waals surface area contributed by atoms with Crippen molar-refractivity contribution >= 4 is 6.29 Å². The smallest absolute Gasteiger partial charge is 0.119 e. The van der Waals surface area contributed by atoms with E-state index in [1.54, 1.807) is 0 Å². The Morgan fingerprint density at radius 2 is 1.27 bits per heavy atom. The summed E-state index contributed by atoms with van der Waals surface area (Å²) in [5.41, 5.74) is 0. The Kier molecular flexibility index (Phi) is 12.9. The average Bonchev–Trinajstić information content (AvgIpc) is 2.26. The van der Waals surface area contributed by atoms with E-state index in [1.165, 1.54) is 51.4 Å². The zero-order chi connectivity index (χ0) is 11.2. The predicted molar refractivity (Wildman–Crippen MR) is 67.0 cm³/mol. The van der Waals surface area contributed by atoms with E-state index in [2.05, 4.69) is 19.1 Å². The van der Waals surface area contributed by atoms with Gasteiger partial charge in [-0.05, 0) is 25.7 Å². The van der Waals surface area contributed by atoms with E-state index >= 15 is 0 Å². The first-order valence-corrected chi connectivity index (χ1v) is 6.50. The van der Waals surface area contributed by atoms with Gasteiger partial charge in [0.25, 0.3) is 0 Å². The lowest BCUT2D eigenvalue weighted by atomic mass is 10.1. The average molecular weight is 210 g/mol. The maximum absolute atomic E-state index is 10.1. The highest BCUT2D eigenvalue weighted by Crippen LogP contribution is 2.08. The van der Waals surface area contributed by atoms with Crippen molar-refractivity contribution in [3.8, 4) is 0 Å². The molecule has 0 rings (SSSR count). The topological polar surface area (TPSA) is 17.1 Å². The molecule has 0 saturated carbocycles. The van der Waals surface area contributed by atoms with Gasteiger partial charge in [-0.2, -0.15) is 0 Å². The molecule has 88 valence electrons. The summed E-state index contributed by atoms with van der Waals surface area (Å²) >= 11 is 0. The van der Waals surface area contributed by atoms with Crippen LogP contribution in [0.3, 0.4) is 0 Å². The Morgan fingerprint density at radius 1 is 0.733 bits per heavy atom. The SMILES string of the molecule is CCC/C=C\CCCCCCCCC=O. The molecule has 0 bridgehead atoms. The molecule has 0 aromatic carbocycles. The van der Waals surface area contributed by atoms with Crippen LogP contribution in [0.5, 0.6) is 0 Å². The lowest BCUT2D eigenvalue weighted by Gasteiger charge is -1.98. The van der Waals surface area contributed by atoms with Crippen molar-refractivity contribution in [2.24, 2.45) is 0 Å². The molecule has 0 aliphatic carbocycles. The Morgan fingerprint density at radius 3 is 1.87 bits per heavy atom. The van der Waals surface area contributed by atoms with E-state index in [0.717, 1.165) is 19.1 Å². The molecule has 0 aromatic heterocycles. The van der Waals surface area contributed by atoms with Crippen molar-refractivity contribution in [1.29, 1.82) is 0 Å². The van der Waals surface area contributed by atoms with Crippen molar-refractivity contribution in [2.45, 2.75) is 71.1 Å². The number of hydrogen-bond donors (Lipinski definition) is 0. The minimum Gasteiger partial charge on any atom is -0.303 e. The fraction of sp³-hybridized carbons (Fsp3) is 0.786. The lowest BCUT2D eigenvalue weighted by Crippen LogP contribution is -1.80. The number of aldehydes is 1. The third kappa shape index (κ3) is 13.4. The molecule has 0 saturated heterocycles. The molecule has 0 unspecified atom stereocenters. The predicted octanol–water partition coefficient (Wildman–Crippen LogP) is 4.66. The van der Waals surface area contributed by atoms with Crippen LogP contribution < -0.4 is 0 Å². The molecule has 0 amide bonds. The molecule has 0 atom stereocenters. The second-order valence-corrected chi connectivity index (χ2v) is 4.13. The summed E-state index contributed by atoms with van der Waals surface area (Å²) < 4.78 is 0. The summed E-state index contributed by atoms with van der Waals surface area (Å²) in [6.45, 7) is 2.21. The van der Waals surface area contributed by atoms with E-state index in [0.29, 0.717) is 0 Å². The third-order valence-electron chi connectivity index (χ3n) is 2.56. The fourth-order valence-electron chi connectivity index (χ4n) is 1.60. The van der Waals surface area contributed by atoms with Crippen LogP contribution in [0, 0.1) is 0 Å². The Balaban J connectivity index is 2.95. The van der Waals surface area contributed by atoms with Gasteiger partial charge in [0.2, 0.25) is 0 Å². The molecule has 0 spiro atoms. The third-order valence-corrected chi connectivity index (χ3v) is 2.56. The first-order chi connectivity index (χ1) is 7.41. The Labute approximate surface area is 95.0 Å². The van der Waals surface area contributed by atoms with Gasteiger partial charge >= 0.3 is 0 Å². The van der Waals surface area contributed by atoms with Gasteiger partial charge in [-0.15, -0.1) is 0 Å². The van der Waals surface area contributed by atoms with Gasteiger partial charge in [0.05, 0.1) is 0 Å². The van der Waals surface area contributed by atoms with Crippen LogP contribution in [-0.4, -0.2) is 6.29 Å². The van der Waals surface area contributed by atoms with Crippen molar-refractivity contribution < 1.29 is 4.79 Å². The van der Waals surface area contributed by atoms with Crippen LogP contribution in [0.4, 0.5) is 0 Å². The van der Waals surface area contributed by atoms with Crippen molar-refractivity contribution in [3.05, 3.63) is 12.2 Å². The maximum atomic E-state index is 10.1. The van der Waals surface area contributed by atoms with Crippen LogP contribution in [0.2, 0.25) is 0 Å².